The highest BCUT2D eigenvalue weighted by molar-refractivity contribution is 5.84. The Morgan fingerprint density at radius 3 is 2.65 bits per heavy atom. The van der Waals surface area contributed by atoms with Gasteiger partial charge in [0.05, 0.1) is 0 Å². The van der Waals surface area contributed by atoms with Gasteiger partial charge in [-0.1, -0.05) is 31.0 Å². The number of hydrogen-bond donors (Lipinski definition) is 1. The predicted octanol–water partition coefficient (Wildman–Crippen LogP) is 3.57. The molecule has 0 aromatic heterocycles. The molecule has 2 fully saturated rings. The molecule has 0 bridgehead atoms. The standard InChI is InChI=1S/C14H17NO2/c16-13(15-11-6-2-1-3-7-11)17-12-10-14(12)8-4-5-9-14/h1-3,6-7,12H,4-5,8-10H2,(H,15,16). The van der Waals surface area contributed by atoms with Crippen molar-refractivity contribution in [2.45, 2.75) is 38.2 Å². The van der Waals surface area contributed by atoms with Crippen molar-refractivity contribution in [2.75, 3.05) is 5.32 Å². The van der Waals surface area contributed by atoms with Crippen molar-refractivity contribution in [1.29, 1.82) is 0 Å². The molecule has 0 aliphatic heterocycles. The van der Waals surface area contributed by atoms with Crippen molar-refractivity contribution in [3.8, 4) is 0 Å². The maximum atomic E-state index is 11.7. The van der Waals surface area contributed by atoms with Gasteiger partial charge in [-0.15, -0.1) is 0 Å². The normalized spacial score (nSPS) is 24.6. The fourth-order valence-electron chi connectivity index (χ4n) is 2.88. The Hall–Kier alpha value is -1.51. The molecule has 1 aromatic rings. The maximum Gasteiger partial charge on any atom is 0.411 e. The zero-order valence-corrected chi connectivity index (χ0v) is 9.82. The van der Waals surface area contributed by atoms with E-state index < -0.39 is 0 Å². The summed E-state index contributed by atoms with van der Waals surface area (Å²) in [4.78, 5) is 11.7. The third-order valence-corrected chi connectivity index (χ3v) is 3.98. The molecular weight excluding hydrogens is 214 g/mol. The van der Waals surface area contributed by atoms with Crippen LogP contribution in [0.15, 0.2) is 30.3 Å². The molecule has 1 unspecified atom stereocenters. The number of ether oxygens (including phenoxy) is 1. The zero-order valence-electron chi connectivity index (χ0n) is 9.82. The van der Waals surface area contributed by atoms with Gasteiger partial charge in [-0.25, -0.2) is 4.79 Å². The highest BCUT2D eigenvalue weighted by Gasteiger charge is 2.57. The van der Waals surface area contributed by atoms with Gasteiger partial charge in [0, 0.05) is 11.1 Å². The van der Waals surface area contributed by atoms with E-state index in [9.17, 15) is 4.79 Å². The van der Waals surface area contributed by atoms with Crippen LogP contribution in [-0.2, 0) is 4.74 Å². The first kappa shape index (κ1) is 10.6. The van der Waals surface area contributed by atoms with Crippen LogP contribution in [0, 0.1) is 5.41 Å². The van der Waals surface area contributed by atoms with Crippen LogP contribution in [0.4, 0.5) is 10.5 Å². The summed E-state index contributed by atoms with van der Waals surface area (Å²) in [5.74, 6) is 0. The summed E-state index contributed by atoms with van der Waals surface area (Å²) in [7, 11) is 0. The first-order valence-corrected chi connectivity index (χ1v) is 6.31. The van der Waals surface area contributed by atoms with Crippen LogP contribution >= 0.6 is 0 Å². The average molecular weight is 231 g/mol. The molecule has 1 N–H and O–H groups in total. The molecule has 1 spiro atoms. The number of amides is 1. The lowest BCUT2D eigenvalue weighted by Gasteiger charge is -2.10. The Kier molecular flexibility index (Phi) is 2.54. The molecule has 0 radical (unpaired) electrons. The highest BCUT2D eigenvalue weighted by atomic mass is 16.6. The number of para-hydroxylation sites is 1. The van der Waals surface area contributed by atoms with E-state index in [0.717, 1.165) is 12.1 Å². The van der Waals surface area contributed by atoms with Crippen LogP contribution in [-0.4, -0.2) is 12.2 Å². The predicted molar refractivity (Wildman–Crippen MR) is 65.9 cm³/mol. The SMILES string of the molecule is O=C(Nc1ccccc1)OC1CC12CCCC2. The second kappa shape index (κ2) is 4.06. The van der Waals surface area contributed by atoms with Crippen molar-refractivity contribution < 1.29 is 9.53 Å². The maximum absolute atomic E-state index is 11.7. The Morgan fingerprint density at radius 2 is 1.94 bits per heavy atom. The molecule has 1 aromatic carbocycles. The van der Waals surface area contributed by atoms with Gasteiger partial charge < -0.3 is 4.74 Å². The van der Waals surface area contributed by atoms with E-state index in [4.69, 9.17) is 4.74 Å². The number of anilines is 1. The molecule has 17 heavy (non-hydrogen) atoms. The van der Waals surface area contributed by atoms with E-state index in [-0.39, 0.29) is 12.2 Å². The summed E-state index contributed by atoms with van der Waals surface area (Å²) in [6.07, 6.45) is 5.96. The summed E-state index contributed by atoms with van der Waals surface area (Å²) >= 11 is 0. The van der Waals surface area contributed by atoms with Crippen LogP contribution < -0.4 is 5.32 Å². The summed E-state index contributed by atoms with van der Waals surface area (Å²) < 4.78 is 5.45. The summed E-state index contributed by atoms with van der Waals surface area (Å²) in [5.41, 5.74) is 1.15. The minimum absolute atomic E-state index is 0.161. The topological polar surface area (TPSA) is 38.3 Å². The molecule has 3 nitrogen and oxygen atoms in total. The quantitative estimate of drug-likeness (QED) is 0.845. The van der Waals surface area contributed by atoms with Gasteiger partial charge in [0.2, 0.25) is 0 Å². The van der Waals surface area contributed by atoms with Crippen LogP contribution in [0.5, 0.6) is 0 Å². The second-order valence-corrected chi connectivity index (χ2v) is 5.16. The molecule has 0 saturated heterocycles. The van der Waals surface area contributed by atoms with Crippen molar-refractivity contribution in [2.24, 2.45) is 5.41 Å². The van der Waals surface area contributed by atoms with Gasteiger partial charge in [-0.05, 0) is 31.4 Å². The Labute approximate surface area is 101 Å². The van der Waals surface area contributed by atoms with Crippen molar-refractivity contribution in [3.63, 3.8) is 0 Å². The summed E-state index contributed by atoms with van der Waals surface area (Å²) in [6, 6.07) is 9.43. The number of benzene rings is 1. The van der Waals surface area contributed by atoms with E-state index in [1.807, 2.05) is 30.3 Å². The molecular formula is C14H17NO2. The monoisotopic (exact) mass is 231 g/mol. The Bertz CT molecular complexity index is 409. The lowest BCUT2D eigenvalue weighted by Crippen LogP contribution is -2.17. The van der Waals surface area contributed by atoms with Crippen LogP contribution in [0.1, 0.15) is 32.1 Å². The fourth-order valence-corrected chi connectivity index (χ4v) is 2.88. The number of nitrogens with one attached hydrogen (secondary N) is 1. The molecule has 2 aliphatic carbocycles. The summed E-state index contributed by atoms with van der Waals surface area (Å²) in [5, 5.41) is 2.76. The van der Waals surface area contributed by atoms with E-state index >= 15 is 0 Å². The molecule has 3 rings (SSSR count). The van der Waals surface area contributed by atoms with Crippen molar-refractivity contribution in [1.82, 2.24) is 0 Å². The van der Waals surface area contributed by atoms with Crippen LogP contribution in [0.2, 0.25) is 0 Å². The Morgan fingerprint density at radius 1 is 1.24 bits per heavy atom. The minimum Gasteiger partial charge on any atom is -0.445 e. The minimum atomic E-state index is -0.315. The number of carbonyl (C=O) groups is 1. The summed E-state index contributed by atoms with van der Waals surface area (Å²) in [6.45, 7) is 0. The van der Waals surface area contributed by atoms with E-state index in [1.54, 1.807) is 0 Å². The van der Waals surface area contributed by atoms with E-state index in [1.165, 1.54) is 25.7 Å². The third kappa shape index (κ3) is 2.14. The molecule has 3 heteroatoms. The van der Waals surface area contributed by atoms with Gasteiger partial charge in [0.25, 0.3) is 0 Å². The first-order valence-electron chi connectivity index (χ1n) is 6.31. The molecule has 90 valence electrons. The highest BCUT2D eigenvalue weighted by Crippen LogP contribution is 2.59. The van der Waals surface area contributed by atoms with E-state index in [0.29, 0.717) is 5.41 Å². The lowest BCUT2D eigenvalue weighted by molar-refractivity contribution is 0.136. The zero-order chi connectivity index (χ0) is 11.7. The molecule has 1 atom stereocenters. The lowest BCUT2D eigenvalue weighted by atomic mass is 10.1. The average Bonchev–Trinajstić information content (AvgIpc) is 2.76. The Balaban J connectivity index is 1.52. The van der Waals surface area contributed by atoms with Crippen LogP contribution in [0.3, 0.4) is 0 Å². The smallest absolute Gasteiger partial charge is 0.411 e. The third-order valence-electron chi connectivity index (χ3n) is 3.98. The number of rotatable bonds is 2. The van der Waals surface area contributed by atoms with Crippen LogP contribution in [0.25, 0.3) is 0 Å². The van der Waals surface area contributed by atoms with Gasteiger partial charge in [-0.3, -0.25) is 5.32 Å². The second-order valence-electron chi connectivity index (χ2n) is 5.16. The molecule has 2 aliphatic rings. The number of carbonyl (C=O) groups excluding carboxylic acids is 1. The molecule has 0 heterocycles. The van der Waals surface area contributed by atoms with Crippen molar-refractivity contribution >= 4 is 11.8 Å². The fraction of sp³-hybridized carbons (Fsp3) is 0.500. The van der Waals surface area contributed by atoms with Gasteiger partial charge in [-0.2, -0.15) is 0 Å². The largest absolute Gasteiger partial charge is 0.445 e. The van der Waals surface area contributed by atoms with E-state index in [2.05, 4.69) is 5.32 Å². The van der Waals surface area contributed by atoms with Gasteiger partial charge in [0.1, 0.15) is 6.10 Å². The number of hydrogen-bond acceptors (Lipinski definition) is 2. The van der Waals surface area contributed by atoms with Crippen molar-refractivity contribution in [3.05, 3.63) is 30.3 Å². The molecule has 2 saturated carbocycles. The van der Waals surface area contributed by atoms with Gasteiger partial charge in [0.15, 0.2) is 0 Å². The molecule has 1 amide bonds. The van der Waals surface area contributed by atoms with Gasteiger partial charge >= 0.3 is 6.09 Å². The first-order chi connectivity index (χ1) is 8.28.